The Kier molecular flexibility index (Phi) is 7.19. The third kappa shape index (κ3) is 5.57. The molecule has 0 bridgehead atoms. The van der Waals surface area contributed by atoms with Crippen molar-refractivity contribution in [3.63, 3.8) is 0 Å². The third-order valence-electron chi connectivity index (χ3n) is 5.33. The van der Waals surface area contributed by atoms with Gasteiger partial charge in [-0.2, -0.15) is 31.4 Å². The molecule has 1 aliphatic heterocycles. The fraction of sp³-hybridized carbons (Fsp3) is 0.455. The van der Waals surface area contributed by atoms with Gasteiger partial charge in [-0.15, -0.1) is 12.1 Å². The van der Waals surface area contributed by atoms with Crippen molar-refractivity contribution < 1.29 is 45.9 Å². The van der Waals surface area contributed by atoms with Crippen LogP contribution in [0.1, 0.15) is 44.2 Å². The second-order valence-electron chi connectivity index (χ2n) is 8.21. The molecule has 3 rings (SSSR count). The molecule has 5 heteroatoms. The van der Waals surface area contributed by atoms with Crippen molar-refractivity contribution >= 4 is 5.69 Å². The maximum atomic E-state index is 12.9. The summed E-state index contributed by atoms with van der Waals surface area (Å²) in [6, 6.07) is 16.7. The Morgan fingerprint density at radius 2 is 1.63 bits per heavy atom. The van der Waals surface area contributed by atoms with E-state index < -0.39 is 11.7 Å². The average Bonchev–Trinajstić information content (AvgIpc) is 2.70. The Balaban J connectivity index is 0.00000261. The van der Waals surface area contributed by atoms with E-state index in [0.717, 1.165) is 30.8 Å². The summed E-state index contributed by atoms with van der Waals surface area (Å²) in [5, 5.41) is 0. The fourth-order valence-corrected chi connectivity index (χ4v) is 4.22. The predicted octanol–water partition coefficient (Wildman–Crippen LogP) is 6.16. The standard InChI is InChI=1S/C22H25F3N.Y/c1-16-13-21(2,3)15-26(19-7-5-4-6-8-19)14-20(16)17-9-11-18(12-10-17)22(23,24)25;/h5-12,16,20H,13-15H2,1-3H3;/q-1;. The molecular weight excluding hydrogens is 424 g/mol. The van der Waals surface area contributed by atoms with Crippen LogP contribution >= 0.6 is 0 Å². The summed E-state index contributed by atoms with van der Waals surface area (Å²) < 4.78 is 38.6. The molecule has 1 heterocycles. The maximum Gasteiger partial charge on any atom is 0.416 e. The molecule has 27 heavy (non-hydrogen) atoms. The van der Waals surface area contributed by atoms with Crippen LogP contribution in [0.4, 0.5) is 18.9 Å². The van der Waals surface area contributed by atoms with Gasteiger partial charge in [-0.25, -0.2) is 0 Å². The summed E-state index contributed by atoms with van der Waals surface area (Å²) in [6.45, 7) is 8.48. The van der Waals surface area contributed by atoms with Crippen LogP contribution in [0.25, 0.3) is 0 Å². The summed E-state index contributed by atoms with van der Waals surface area (Å²) in [5.41, 5.74) is 1.68. The number of anilines is 1. The van der Waals surface area contributed by atoms with Crippen LogP contribution in [0.15, 0.2) is 48.5 Å². The summed E-state index contributed by atoms with van der Waals surface area (Å²) in [6.07, 6.45) is -3.25. The molecule has 1 radical (unpaired) electrons. The zero-order valence-electron chi connectivity index (χ0n) is 16.1. The van der Waals surface area contributed by atoms with Crippen molar-refractivity contribution in [2.75, 3.05) is 18.0 Å². The first-order valence-corrected chi connectivity index (χ1v) is 9.04. The molecule has 0 spiro atoms. The Hall–Kier alpha value is -0.866. The molecule has 2 atom stereocenters. The Morgan fingerprint density at radius 1 is 1.04 bits per heavy atom. The van der Waals surface area contributed by atoms with Crippen molar-refractivity contribution in [2.24, 2.45) is 11.3 Å². The fourth-order valence-electron chi connectivity index (χ4n) is 4.22. The first-order valence-electron chi connectivity index (χ1n) is 9.04. The van der Waals surface area contributed by atoms with Crippen LogP contribution in [0.3, 0.4) is 0 Å². The number of benzene rings is 2. The van der Waals surface area contributed by atoms with E-state index in [1.807, 2.05) is 12.1 Å². The normalized spacial score (nSPS) is 22.7. The minimum atomic E-state index is -4.29. The summed E-state index contributed by atoms with van der Waals surface area (Å²) in [5.74, 6) is 0.588. The van der Waals surface area contributed by atoms with Crippen molar-refractivity contribution in [1.29, 1.82) is 0 Å². The number of hydrogen-bond donors (Lipinski definition) is 0. The van der Waals surface area contributed by atoms with Crippen LogP contribution in [0, 0.1) is 17.4 Å². The number of halogens is 3. The summed E-state index contributed by atoms with van der Waals surface area (Å²) in [4.78, 5) is 2.36. The minimum absolute atomic E-state index is 0. The van der Waals surface area contributed by atoms with Gasteiger partial charge in [0, 0.05) is 51.7 Å². The number of alkyl halides is 3. The molecule has 0 saturated carbocycles. The summed E-state index contributed by atoms with van der Waals surface area (Å²) >= 11 is 0. The molecule has 0 aromatic heterocycles. The summed E-state index contributed by atoms with van der Waals surface area (Å²) in [7, 11) is 0. The van der Waals surface area contributed by atoms with Crippen LogP contribution in [0.5, 0.6) is 0 Å². The average molecular weight is 449 g/mol. The Labute approximate surface area is 185 Å². The molecule has 2 aromatic rings. The van der Waals surface area contributed by atoms with Crippen molar-refractivity contribution in [1.82, 2.24) is 0 Å². The van der Waals surface area contributed by atoms with Gasteiger partial charge >= 0.3 is 6.18 Å². The van der Waals surface area contributed by atoms with E-state index in [1.54, 1.807) is 12.1 Å². The molecule has 0 N–H and O–H groups in total. The predicted molar refractivity (Wildman–Crippen MR) is 99.2 cm³/mol. The maximum absolute atomic E-state index is 12.9. The van der Waals surface area contributed by atoms with E-state index in [1.165, 1.54) is 12.1 Å². The van der Waals surface area contributed by atoms with E-state index in [-0.39, 0.29) is 44.0 Å². The van der Waals surface area contributed by atoms with Gasteiger partial charge in [0.2, 0.25) is 0 Å². The molecular formula is C22H25F3NY-. The van der Waals surface area contributed by atoms with Crippen molar-refractivity contribution in [3.8, 4) is 0 Å². The first-order chi connectivity index (χ1) is 12.2. The second kappa shape index (κ2) is 8.65. The van der Waals surface area contributed by atoms with Crippen molar-refractivity contribution in [2.45, 2.75) is 39.3 Å². The topological polar surface area (TPSA) is 3.24 Å². The van der Waals surface area contributed by atoms with Gasteiger partial charge in [0.25, 0.3) is 0 Å². The van der Waals surface area contributed by atoms with E-state index in [4.69, 9.17) is 0 Å². The molecule has 143 valence electrons. The SMILES string of the molecule is CC1CC(C)(C)CN(c2cc[c-]cc2)CC1c1ccc(C(F)(F)F)cc1.[Y]. The Bertz CT molecular complexity index is 725. The number of rotatable bonds is 2. The quantitative estimate of drug-likeness (QED) is 0.497. The van der Waals surface area contributed by atoms with Gasteiger partial charge in [-0.05, 0) is 35.4 Å². The van der Waals surface area contributed by atoms with Crippen LogP contribution in [-0.2, 0) is 38.9 Å². The van der Waals surface area contributed by atoms with E-state index in [9.17, 15) is 13.2 Å². The van der Waals surface area contributed by atoms with Gasteiger partial charge in [-0.3, -0.25) is 0 Å². The molecule has 1 nitrogen and oxygen atoms in total. The van der Waals surface area contributed by atoms with E-state index in [0.29, 0.717) is 5.92 Å². The van der Waals surface area contributed by atoms with Gasteiger partial charge in [0.1, 0.15) is 0 Å². The van der Waals surface area contributed by atoms with Crippen LogP contribution < -0.4 is 4.90 Å². The third-order valence-corrected chi connectivity index (χ3v) is 5.33. The smallest absolute Gasteiger partial charge is 0.392 e. The number of nitrogens with zero attached hydrogens (tertiary/aromatic N) is 1. The van der Waals surface area contributed by atoms with E-state index in [2.05, 4.69) is 43.9 Å². The van der Waals surface area contributed by atoms with Gasteiger partial charge in [0.05, 0.1) is 5.56 Å². The molecule has 1 saturated heterocycles. The molecule has 2 aromatic carbocycles. The van der Waals surface area contributed by atoms with Gasteiger partial charge < -0.3 is 4.90 Å². The monoisotopic (exact) mass is 449 g/mol. The van der Waals surface area contributed by atoms with Crippen LogP contribution in [-0.4, -0.2) is 13.1 Å². The van der Waals surface area contributed by atoms with Crippen molar-refractivity contribution in [3.05, 3.63) is 65.7 Å². The number of hydrogen-bond acceptors (Lipinski definition) is 1. The molecule has 1 fully saturated rings. The minimum Gasteiger partial charge on any atom is -0.392 e. The van der Waals surface area contributed by atoms with Gasteiger partial charge in [0.15, 0.2) is 0 Å². The van der Waals surface area contributed by atoms with Gasteiger partial charge in [-0.1, -0.05) is 38.6 Å². The second-order valence-corrected chi connectivity index (χ2v) is 8.21. The zero-order valence-corrected chi connectivity index (χ0v) is 18.9. The molecule has 0 aliphatic carbocycles. The molecule has 1 aliphatic rings. The zero-order chi connectivity index (χ0) is 18.9. The van der Waals surface area contributed by atoms with Crippen LogP contribution in [0.2, 0.25) is 0 Å². The van der Waals surface area contributed by atoms with E-state index >= 15 is 0 Å². The molecule has 2 unspecified atom stereocenters. The first kappa shape index (κ1) is 22.4. The Morgan fingerprint density at radius 3 is 2.19 bits per heavy atom. The largest absolute Gasteiger partial charge is 0.416 e. The molecule has 0 amide bonds.